The van der Waals surface area contributed by atoms with Crippen molar-refractivity contribution in [3.63, 3.8) is 0 Å². The van der Waals surface area contributed by atoms with Crippen LogP contribution >= 0.6 is 11.3 Å². The second kappa shape index (κ2) is 9.12. The highest BCUT2D eigenvalue weighted by atomic mass is 32.1. The number of aryl methyl sites for hydroxylation is 1. The maximum absolute atomic E-state index is 13.4. The minimum atomic E-state index is -0.943. The summed E-state index contributed by atoms with van der Waals surface area (Å²) in [5.74, 6) is -2.66. The number of ether oxygens (including phenoxy) is 1. The van der Waals surface area contributed by atoms with Gasteiger partial charge >= 0.3 is 5.97 Å². The number of allylic oxidation sites excluding steroid dienone is 2. The van der Waals surface area contributed by atoms with Crippen LogP contribution in [-0.4, -0.2) is 54.1 Å². The lowest BCUT2D eigenvalue weighted by Crippen LogP contribution is -2.41. The third-order valence-corrected chi connectivity index (χ3v) is 8.05. The number of rotatable bonds is 4. The normalized spacial score (nSPS) is 24.0. The van der Waals surface area contributed by atoms with E-state index in [1.165, 1.54) is 16.2 Å². The van der Waals surface area contributed by atoms with Crippen molar-refractivity contribution < 1.29 is 24.2 Å². The van der Waals surface area contributed by atoms with E-state index in [4.69, 9.17) is 4.74 Å². The predicted molar refractivity (Wildman–Crippen MR) is 119 cm³/mol. The summed E-state index contributed by atoms with van der Waals surface area (Å²) in [6, 6.07) is 0. The number of carboxylic acids is 1. The average Bonchev–Trinajstić information content (AvgIpc) is 3.12. The molecule has 0 radical (unpaired) electrons. The smallest absolute Gasteiger partial charge is 0.307 e. The van der Waals surface area contributed by atoms with Gasteiger partial charge in [-0.15, -0.1) is 11.3 Å². The maximum atomic E-state index is 13.4. The van der Waals surface area contributed by atoms with Gasteiger partial charge in [0.15, 0.2) is 0 Å². The maximum Gasteiger partial charge on any atom is 0.307 e. The summed E-state index contributed by atoms with van der Waals surface area (Å²) in [5.41, 5.74) is 3.80. The summed E-state index contributed by atoms with van der Waals surface area (Å²) in [6.07, 6.45) is 4.70. The molecule has 0 spiro atoms. The van der Waals surface area contributed by atoms with Crippen molar-refractivity contribution in [1.82, 2.24) is 4.90 Å². The van der Waals surface area contributed by atoms with Gasteiger partial charge in [0, 0.05) is 18.0 Å². The molecule has 7 nitrogen and oxygen atoms in total. The molecule has 1 aromatic rings. The van der Waals surface area contributed by atoms with Gasteiger partial charge in [-0.2, -0.15) is 0 Å². The number of carboxylic acid groups (broad SMARTS) is 1. The summed E-state index contributed by atoms with van der Waals surface area (Å²) in [4.78, 5) is 41.5. The molecule has 2 heterocycles. The van der Waals surface area contributed by atoms with Crippen LogP contribution in [0.3, 0.4) is 0 Å². The van der Waals surface area contributed by atoms with E-state index >= 15 is 0 Å². The molecule has 1 aromatic heterocycles. The second-order valence-electron chi connectivity index (χ2n) is 8.83. The van der Waals surface area contributed by atoms with Crippen molar-refractivity contribution in [2.75, 3.05) is 31.6 Å². The van der Waals surface area contributed by atoms with Gasteiger partial charge < -0.3 is 20.1 Å². The third-order valence-electron chi connectivity index (χ3n) is 6.84. The molecule has 8 heteroatoms. The zero-order chi connectivity index (χ0) is 22.1. The number of nitrogens with zero attached hydrogens (tertiary/aromatic N) is 1. The van der Waals surface area contributed by atoms with Crippen molar-refractivity contribution in [1.29, 1.82) is 0 Å². The third kappa shape index (κ3) is 4.41. The molecule has 0 saturated carbocycles. The van der Waals surface area contributed by atoms with Crippen LogP contribution in [0.4, 0.5) is 5.00 Å². The fraction of sp³-hybridized carbons (Fsp3) is 0.609. The molecular formula is C23H30N2O5S. The number of fused-ring (bicyclic) bond motifs is 1. The minimum absolute atomic E-state index is 0.0525. The highest BCUT2D eigenvalue weighted by Crippen LogP contribution is 2.41. The van der Waals surface area contributed by atoms with Crippen molar-refractivity contribution in [3.05, 3.63) is 27.2 Å². The largest absolute Gasteiger partial charge is 0.481 e. The Morgan fingerprint density at radius 2 is 1.68 bits per heavy atom. The Hall–Kier alpha value is -2.19. The van der Waals surface area contributed by atoms with Gasteiger partial charge in [0.2, 0.25) is 5.91 Å². The molecule has 3 aliphatic rings. The molecule has 2 atom stereocenters. The van der Waals surface area contributed by atoms with Gasteiger partial charge in [-0.3, -0.25) is 14.4 Å². The predicted octanol–water partition coefficient (Wildman–Crippen LogP) is 3.49. The number of thiophene rings is 1. The summed E-state index contributed by atoms with van der Waals surface area (Å²) in [6.45, 7) is 6.03. The minimum Gasteiger partial charge on any atom is -0.481 e. The summed E-state index contributed by atoms with van der Waals surface area (Å²) in [5, 5.41) is 13.3. The molecule has 0 bridgehead atoms. The van der Waals surface area contributed by atoms with E-state index in [0.29, 0.717) is 49.7 Å². The number of hydrogen-bond donors (Lipinski definition) is 2. The quantitative estimate of drug-likeness (QED) is 0.691. The van der Waals surface area contributed by atoms with Crippen molar-refractivity contribution in [2.45, 2.75) is 52.4 Å². The molecule has 0 aromatic carbocycles. The summed E-state index contributed by atoms with van der Waals surface area (Å²) >= 11 is 1.49. The van der Waals surface area contributed by atoms with Crippen molar-refractivity contribution >= 4 is 34.1 Å². The zero-order valence-electron chi connectivity index (χ0n) is 18.2. The van der Waals surface area contributed by atoms with Gasteiger partial charge in [-0.05, 0) is 57.9 Å². The number of hydrogen-bond acceptors (Lipinski definition) is 5. The van der Waals surface area contributed by atoms with Crippen LogP contribution in [0, 0.1) is 11.8 Å². The molecule has 168 valence electrons. The number of nitrogens with one attached hydrogen (secondary N) is 1. The molecule has 2 amide bonds. The van der Waals surface area contributed by atoms with E-state index in [1.54, 1.807) is 4.90 Å². The highest BCUT2D eigenvalue weighted by molar-refractivity contribution is 7.17. The van der Waals surface area contributed by atoms with E-state index in [-0.39, 0.29) is 11.8 Å². The standard InChI is InChI=1S/C23H30N2O5S/c1-13-11-16(17(23(28)29)12-14(13)2)20(26)24-21-19(15-5-3-4-6-18(15)31-21)22(27)25-7-9-30-10-8-25/h16-17H,3-12H2,1-2H3,(H,24,26)(H,28,29)/t16-,17-/m1/s1. The molecule has 31 heavy (non-hydrogen) atoms. The first-order valence-electron chi connectivity index (χ1n) is 11.1. The number of anilines is 1. The first-order chi connectivity index (χ1) is 14.9. The van der Waals surface area contributed by atoms with Crippen LogP contribution < -0.4 is 5.32 Å². The molecule has 2 aliphatic carbocycles. The van der Waals surface area contributed by atoms with Crippen LogP contribution in [-0.2, 0) is 27.2 Å². The number of amides is 2. The highest BCUT2D eigenvalue weighted by Gasteiger charge is 2.38. The SMILES string of the molecule is CC1=C(C)C[C@@H](C(=O)Nc2sc3c(c2C(=O)N2CCOCC2)CCCC3)[C@H](C(=O)O)C1. The van der Waals surface area contributed by atoms with E-state index < -0.39 is 17.8 Å². The lowest BCUT2D eigenvalue weighted by Gasteiger charge is -2.30. The van der Waals surface area contributed by atoms with Gasteiger partial charge in [0.1, 0.15) is 5.00 Å². The van der Waals surface area contributed by atoms with Gasteiger partial charge in [0.25, 0.3) is 5.91 Å². The van der Waals surface area contributed by atoms with Crippen molar-refractivity contribution in [3.8, 4) is 0 Å². The zero-order valence-corrected chi connectivity index (χ0v) is 19.0. The Kier molecular flexibility index (Phi) is 6.48. The van der Waals surface area contributed by atoms with E-state index in [1.807, 2.05) is 13.8 Å². The number of carbonyl (C=O) groups is 3. The first-order valence-corrected chi connectivity index (χ1v) is 11.9. The first kappa shape index (κ1) is 22.0. The van der Waals surface area contributed by atoms with Crippen molar-refractivity contribution in [2.24, 2.45) is 11.8 Å². The Morgan fingerprint density at radius 1 is 1.03 bits per heavy atom. The van der Waals surface area contributed by atoms with Crippen LogP contribution in [0.2, 0.25) is 0 Å². The van der Waals surface area contributed by atoms with Crippen LogP contribution in [0.5, 0.6) is 0 Å². The average molecular weight is 447 g/mol. The van der Waals surface area contributed by atoms with Gasteiger partial charge in [-0.25, -0.2) is 0 Å². The van der Waals surface area contributed by atoms with Crippen LogP contribution in [0.1, 0.15) is 60.3 Å². The molecule has 1 aliphatic heterocycles. The Morgan fingerprint density at radius 3 is 2.35 bits per heavy atom. The lowest BCUT2D eigenvalue weighted by molar-refractivity contribution is -0.146. The second-order valence-corrected chi connectivity index (χ2v) is 9.93. The van der Waals surface area contributed by atoms with Gasteiger partial charge in [-0.1, -0.05) is 11.1 Å². The molecular weight excluding hydrogens is 416 g/mol. The Labute approximate surface area is 186 Å². The summed E-state index contributed by atoms with van der Waals surface area (Å²) in [7, 11) is 0. The molecule has 2 N–H and O–H groups in total. The molecule has 1 fully saturated rings. The van der Waals surface area contributed by atoms with Crippen LogP contribution in [0.15, 0.2) is 11.1 Å². The molecule has 4 rings (SSSR count). The fourth-order valence-electron chi connectivity index (χ4n) is 4.84. The van der Waals surface area contributed by atoms with E-state index in [9.17, 15) is 19.5 Å². The fourth-order valence-corrected chi connectivity index (χ4v) is 6.12. The van der Waals surface area contributed by atoms with E-state index in [2.05, 4.69) is 5.32 Å². The topological polar surface area (TPSA) is 95.9 Å². The number of morpholine rings is 1. The number of aliphatic carboxylic acids is 1. The molecule has 1 saturated heterocycles. The van der Waals surface area contributed by atoms with Crippen LogP contribution in [0.25, 0.3) is 0 Å². The summed E-state index contributed by atoms with van der Waals surface area (Å²) < 4.78 is 5.39. The molecule has 0 unspecified atom stereocenters. The Balaban J connectivity index is 1.63. The monoisotopic (exact) mass is 446 g/mol. The van der Waals surface area contributed by atoms with Gasteiger partial charge in [0.05, 0.1) is 30.6 Å². The lowest BCUT2D eigenvalue weighted by atomic mass is 9.76. The van der Waals surface area contributed by atoms with E-state index in [0.717, 1.165) is 42.4 Å². The number of carbonyl (C=O) groups excluding carboxylic acids is 2. The Bertz CT molecular complexity index is 929.